The summed E-state index contributed by atoms with van der Waals surface area (Å²) in [6, 6.07) is 11.8. The first kappa shape index (κ1) is 17.2. The third-order valence-corrected chi connectivity index (χ3v) is 5.84. The van der Waals surface area contributed by atoms with E-state index in [2.05, 4.69) is 9.88 Å². The third kappa shape index (κ3) is 3.88. The van der Waals surface area contributed by atoms with E-state index in [0.717, 1.165) is 24.2 Å². The van der Waals surface area contributed by atoms with Gasteiger partial charge in [0, 0.05) is 36.0 Å². The van der Waals surface area contributed by atoms with E-state index in [4.69, 9.17) is 11.6 Å². The highest BCUT2D eigenvalue weighted by Gasteiger charge is 2.29. The van der Waals surface area contributed by atoms with Crippen LogP contribution in [0.5, 0.6) is 0 Å². The molecule has 0 aliphatic carbocycles. The van der Waals surface area contributed by atoms with Crippen molar-refractivity contribution in [2.75, 3.05) is 24.2 Å². The van der Waals surface area contributed by atoms with Crippen molar-refractivity contribution >= 4 is 33.0 Å². The fourth-order valence-electron chi connectivity index (χ4n) is 3.10. The molecule has 0 amide bonds. The maximum Gasteiger partial charge on any atom is 0.211 e. The molecule has 0 atom stereocenters. The molecule has 0 unspecified atom stereocenters. The zero-order valence-electron chi connectivity index (χ0n) is 13.5. The molecule has 1 fully saturated rings. The second-order valence-electron chi connectivity index (χ2n) is 5.95. The van der Waals surface area contributed by atoms with Gasteiger partial charge in [0.15, 0.2) is 0 Å². The summed E-state index contributed by atoms with van der Waals surface area (Å²) in [7, 11) is -3.12. The summed E-state index contributed by atoms with van der Waals surface area (Å²) in [6.07, 6.45) is 6.38. The third-order valence-electron chi connectivity index (χ3n) is 4.29. The summed E-state index contributed by atoms with van der Waals surface area (Å²) in [5.74, 6) is 0. The van der Waals surface area contributed by atoms with E-state index in [0.29, 0.717) is 18.1 Å². The molecular formula is C17H20ClN3O2S. The van der Waals surface area contributed by atoms with Crippen molar-refractivity contribution in [1.82, 2.24) is 9.29 Å². The summed E-state index contributed by atoms with van der Waals surface area (Å²) in [4.78, 5) is 6.45. The Morgan fingerprint density at radius 1 is 1.12 bits per heavy atom. The summed E-state index contributed by atoms with van der Waals surface area (Å²) in [5, 5.41) is 0.691. The van der Waals surface area contributed by atoms with Crippen LogP contribution < -0.4 is 4.90 Å². The Labute approximate surface area is 147 Å². The molecule has 0 saturated carbocycles. The number of piperidine rings is 1. The molecule has 24 heavy (non-hydrogen) atoms. The van der Waals surface area contributed by atoms with Crippen LogP contribution in [-0.4, -0.2) is 43.1 Å². The van der Waals surface area contributed by atoms with Gasteiger partial charge >= 0.3 is 0 Å². The fourth-order valence-corrected chi connectivity index (χ4v) is 4.10. The van der Waals surface area contributed by atoms with Crippen molar-refractivity contribution in [3.8, 4) is 0 Å². The summed E-state index contributed by atoms with van der Waals surface area (Å²) >= 11 is 6.01. The molecular weight excluding hydrogens is 346 g/mol. The maximum absolute atomic E-state index is 11.7. The van der Waals surface area contributed by atoms with Crippen LogP contribution in [0.4, 0.5) is 11.4 Å². The first-order valence-corrected chi connectivity index (χ1v) is 10.1. The topological polar surface area (TPSA) is 53.5 Å². The molecule has 2 heterocycles. The van der Waals surface area contributed by atoms with Gasteiger partial charge < -0.3 is 4.90 Å². The smallest absolute Gasteiger partial charge is 0.211 e. The van der Waals surface area contributed by atoms with Gasteiger partial charge in [0.2, 0.25) is 10.0 Å². The molecule has 0 N–H and O–H groups in total. The predicted molar refractivity (Wildman–Crippen MR) is 97.3 cm³/mol. The van der Waals surface area contributed by atoms with Crippen molar-refractivity contribution in [3.05, 3.63) is 53.8 Å². The minimum atomic E-state index is -3.12. The van der Waals surface area contributed by atoms with Gasteiger partial charge in [0.1, 0.15) is 0 Å². The number of aromatic nitrogens is 1. The molecule has 128 valence electrons. The minimum Gasteiger partial charge on any atom is -0.337 e. The molecule has 1 aliphatic heterocycles. The summed E-state index contributed by atoms with van der Waals surface area (Å²) in [6.45, 7) is 1.07. The Morgan fingerprint density at radius 3 is 2.33 bits per heavy atom. The highest BCUT2D eigenvalue weighted by Crippen LogP contribution is 2.32. The predicted octanol–water partition coefficient (Wildman–Crippen LogP) is 3.30. The van der Waals surface area contributed by atoms with E-state index in [1.165, 1.54) is 6.26 Å². The van der Waals surface area contributed by atoms with Crippen molar-refractivity contribution in [2.24, 2.45) is 0 Å². The second-order valence-corrected chi connectivity index (χ2v) is 8.37. The Bertz CT molecular complexity index is 773. The average molecular weight is 366 g/mol. The van der Waals surface area contributed by atoms with Crippen LogP contribution in [0, 0.1) is 0 Å². The molecule has 0 spiro atoms. The zero-order chi connectivity index (χ0) is 17.2. The van der Waals surface area contributed by atoms with E-state index < -0.39 is 10.0 Å². The summed E-state index contributed by atoms with van der Waals surface area (Å²) < 4.78 is 25.0. The van der Waals surface area contributed by atoms with Gasteiger partial charge in [-0.1, -0.05) is 11.6 Å². The normalized spacial score (nSPS) is 16.9. The van der Waals surface area contributed by atoms with E-state index in [9.17, 15) is 8.42 Å². The Kier molecular flexibility index (Phi) is 5.08. The maximum atomic E-state index is 11.7. The SMILES string of the molecule is CS(=O)(=O)N1CCC(N(c2ccc(Cl)cc2)c2cccnc2)CC1. The Hall–Kier alpha value is -1.63. The molecule has 2 aromatic rings. The quantitative estimate of drug-likeness (QED) is 0.834. The summed E-state index contributed by atoms with van der Waals surface area (Å²) in [5.41, 5.74) is 2.03. The monoisotopic (exact) mass is 365 g/mol. The number of anilines is 2. The molecule has 3 rings (SSSR count). The Morgan fingerprint density at radius 2 is 1.79 bits per heavy atom. The molecule has 1 aromatic carbocycles. The molecule has 7 heteroatoms. The zero-order valence-corrected chi connectivity index (χ0v) is 15.0. The number of nitrogens with zero attached hydrogens (tertiary/aromatic N) is 3. The van der Waals surface area contributed by atoms with Gasteiger partial charge in [0.25, 0.3) is 0 Å². The number of sulfonamides is 1. The molecule has 1 aliphatic rings. The van der Waals surface area contributed by atoms with Crippen LogP contribution in [0.3, 0.4) is 0 Å². The van der Waals surface area contributed by atoms with Gasteiger partial charge in [-0.15, -0.1) is 0 Å². The van der Waals surface area contributed by atoms with Crippen molar-refractivity contribution in [2.45, 2.75) is 18.9 Å². The largest absolute Gasteiger partial charge is 0.337 e. The molecule has 0 bridgehead atoms. The van der Waals surface area contributed by atoms with Gasteiger partial charge in [-0.25, -0.2) is 12.7 Å². The lowest BCUT2D eigenvalue weighted by molar-refractivity contribution is 0.320. The van der Waals surface area contributed by atoms with Gasteiger partial charge in [-0.3, -0.25) is 4.98 Å². The van der Waals surface area contributed by atoms with Crippen molar-refractivity contribution < 1.29 is 8.42 Å². The first-order chi connectivity index (χ1) is 11.4. The first-order valence-electron chi connectivity index (χ1n) is 7.85. The number of hydrogen-bond donors (Lipinski definition) is 0. The minimum absolute atomic E-state index is 0.216. The van der Waals surface area contributed by atoms with Gasteiger partial charge in [-0.05, 0) is 49.2 Å². The van der Waals surface area contributed by atoms with E-state index >= 15 is 0 Å². The number of hydrogen-bond acceptors (Lipinski definition) is 4. The second kappa shape index (κ2) is 7.09. The number of benzene rings is 1. The van der Waals surface area contributed by atoms with Crippen molar-refractivity contribution in [1.29, 1.82) is 0 Å². The van der Waals surface area contributed by atoms with Crippen LogP contribution in [0.25, 0.3) is 0 Å². The molecule has 5 nitrogen and oxygen atoms in total. The average Bonchev–Trinajstić information content (AvgIpc) is 2.58. The van der Waals surface area contributed by atoms with Crippen molar-refractivity contribution in [3.63, 3.8) is 0 Å². The van der Waals surface area contributed by atoms with Crippen LogP contribution in [0.1, 0.15) is 12.8 Å². The van der Waals surface area contributed by atoms with E-state index in [1.807, 2.05) is 42.6 Å². The van der Waals surface area contributed by atoms with Crippen LogP contribution in [0.15, 0.2) is 48.8 Å². The van der Waals surface area contributed by atoms with Crippen LogP contribution >= 0.6 is 11.6 Å². The highest BCUT2D eigenvalue weighted by atomic mass is 35.5. The number of halogens is 1. The lowest BCUT2D eigenvalue weighted by Gasteiger charge is -2.39. The fraction of sp³-hybridized carbons (Fsp3) is 0.353. The number of rotatable bonds is 4. The molecule has 1 aromatic heterocycles. The van der Waals surface area contributed by atoms with Crippen LogP contribution in [0.2, 0.25) is 5.02 Å². The van der Waals surface area contributed by atoms with Crippen LogP contribution in [-0.2, 0) is 10.0 Å². The molecule has 1 saturated heterocycles. The standard InChI is InChI=1S/C17H20ClN3O2S/c1-24(22,23)20-11-8-16(9-12-20)21(17-3-2-10-19-13-17)15-6-4-14(18)5-7-15/h2-7,10,13,16H,8-9,11-12H2,1H3. The highest BCUT2D eigenvalue weighted by molar-refractivity contribution is 7.88. The van der Waals surface area contributed by atoms with Gasteiger partial charge in [0.05, 0.1) is 18.1 Å². The lowest BCUT2D eigenvalue weighted by atomic mass is 10.0. The molecule has 0 radical (unpaired) electrons. The van der Waals surface area contributed by atoms with Gasteiger partial charge in [-0.2, -0.15) is 0 Å². The lowest BCUT2D eigenvalue weighted by Crippen LogP contribution is -2.45. The van der Waals surface area contributed by atoms with E-state index in [-0.39, 0.29) is 6.04 Å². The van der Waals surface area contributed by atoms with E-state index in [1.54, 1.807) is 10.5 Å². The Balaban J connectivity index is 1.88. The number of pyridine rings is 1.